The van der Waals surface area contributed by atoms with Gasteiger partial charge in [0.05, 0.1) is 10.8 Å². The zero-order valence-electron chi connectivity index (χ0n) is 11.2. The molecule has 0 saturated heterocycles. The Balaban J connectivity index is 1.94. The number of amides is 1. The van der Waals surface area contributed by atoms with Crippen LogP contribution < -0.4 is 5.32 Å². The van der Waals surface area contributed by atoms with Crippen LogP contribution in [0.15, 0.2) is 18.2 Å². The van der Waals surface area contributed by atoms with E-state index in [0.29, 0.717) is 0 Å². The zero-order chi connectivity index (χ0) is 15.6. The fourth-order valence-electron chi connectivity index (χ4n) is 1.85. The summed E-state index contributed by atoms with van der Waals surface area (Å²) in [5.74, 6) is -0.923. The third kappa shape index (κ3) is 3.91. The maximum Gasteiger partial charge on any atom is 0.309 e. The average molecular weight is 313 g/mol. The lowest BCUT2D eigenvalue weighted by molar-refractivity contribution is -0.383. The third-order valence-electron chi connectivity index (χ3n) is 3.19. The number of ether oxygens (including phenoxy) is 1. The second-order valence-electron chi connectivity index (χ2n) is 4.89. The minimum atomic E-state index is -0.651. The highest BCUT2D eigenvalue weighted by Crippen LogP contribution is 2.38. The number of carbonyl (C=O) groups is 2. The van der Waals surface area contributed by atoms with Crippen LogP contribution in [0.2, 0.25) is 5.02 Å². The lowest BCUT2D eigenvalue weighted by Crippen LogP contribution is -2.22. The van der Waals surface area contributed by atoms with Crippen molar-refractivity contribution in [1.29, 1.82) is 0 Å². The molecule has 0 radical (unpaired) electrons. The van der Waals surface area contributed by atoms with Crippen molar-refractivity contribution in [2.75, 3.05) is 11.9 Å². The molecule has 0 aromatic heterocycles. The Morgan fingerprint density at radius 3 is 2.76 bits per heavy atom. The highest BCUT2D eigenvalue weighted by atomic mass is 35.5. The van der Waals surface area contributed by atoms with Gasteiger partial charge in [-0.25, -0.2) is 0 Å². The van der Waals surface area contributed by atoms with Crippen molar-refractivity contribution >= 4 is 34.9 Å². The topological polar surface area (TPSA) is 98.5 Å². The Hall–Kier alpha value is -2.15. The number of hydrogen-bond acceptors (Lipinski definition) is 5. The van der Waals surface area contributed by atoms with E-state index in [2.05, 4.69) is 5.32 Å². The summed E-state index contributed by atoms with van der Waals surface area (Å²) in [5.41, 5.74) is -0.316. The molecule has 8 heteroatoms. The number of rotatable bonds is 5. The van der Waals surface area contributed by atoms with Crippen molar-refractivity contribution in [2.45, 2.75) is 13.3 Å². The molecule has 2 atom stereocenters. The summed E-state index contributed by atoms with van der Waals surface area (Å²) < 4.78 is 4.85. The Kier molecular flexibility index (Phi) is 4.42. The van der Waals surface area contributed by atoms with Gasteiger partial charge in [0.15, 0.2) is 6.61 Å². The zero-order valence-corrected chi connectivity index (χ0v) is 11.9. The summed E-state index contributed by atoms with van der Waals surface area (Å²) in [6, 6.07) is 3.81. The summed E-state index contributed by atoms with van der Waals surface area (Å²) >= 11 is 5.74. The van der Waals surface area contributed by atoms with E-state index in [9.17, 15) is 19.7 Å². The number of carbonyl (C=O) groups excluding carboxylic acids is 2. The first-order chi connectivity index (χ1) is 9.88. The maximum absolute atomic E-state index is 11.7. The standard InChI is InChI=1S/C13H13ClN2O5/c1-7-4-9(7)13(18)21-6-12(17)15-10-5-8(14)2-3-11(10)16(19)20/h2-3,5,7,9H,4,6H2,1H3,(H,15,17)/t7-,9-/m1/s1. The van der Waals surface area contributed by atoms with E-state index in [-0.39, 0.29) is 28.2 Å². The number of anilines is 1. The summed E-state index contributed by atoms with van der Waals surface area (Å²) in [7, 11) is 0. The molecule has 1 saturated carbocycles. The van der Waals surface area contributed by atoms with E-state index in [1.165, 1.54) is 18.2 Å². The molecule has 0 bridgehead atoms. The number of nitrogens with zero attached hydrogens (tertiary/aromatic N) is 1. The number of benzene rings is 1. The lowest BCUT2D eigenvalue weighted by atomic mass is 10.2. The summed E-state index contributed by atoms with van der Waals surface area (Å²) in [6.45, 7) is 1.44. The fraction of sp³-hybridized carbons (Fsp3) is 0.385. The molecule has 1 amide bonds. The monoisotopic (exact) mass is 312 g/mol. The van der Waals surface area contributed by atoms with Crippen molar-refractivity contribution < 1.29 is 19.2 Å². The molecule has 1 aliphatic rings. The largest absolute Gasteiger partial charge is 0.455 e. The van der Waals surface area contributed by atoms with Crippen LogP contribution in [0.4, 0.5) is 11.4 Å². The van der Waals surface area contributed by atoms with Gasteiger partial charge in [-0.2, -0.15) is 0 Å². The summed E-state index contributed by atoms with van der Waals surface area (Å²) in [5, 5.41) is 13.4. The molecular weight excluding hydrogens is 300 g/mol. The van der Waals surface area contributed by atoms with Crippen LogP contribution in [0.3, 0.4) is 0 Å². The van der Waals surface area contributed by atoms with Crippen molar-refractivity contribution in [1.82, 2.24) is 0 Å². The molecule has 0 heterocycles. The molecule has 21 heavy (non-hydrogen) atoms. The first kappa shape index (κ1) is 15.2. The van der Waals surface area contributed by atoms with Crippen LogP contribution in [-0.4, -0.2) is 23.4 Å². The van der Waals surface area contributed by atoms with Crippen LogP contribution >= 0.6 is 11.6 Å². The quantitative estimate of drug-likeness (QED) is 0.511. The van der Waals surface area contributed by atoms with E-state index >= 15 is 0 Å². The predicted molar refractivity (Wildman–Crippen MR) is 75.0 cm³/mol. The normalized spacial score (nSPS) is 19.7. The second-order valence-corrected chi connectivity index (χ2v) is 5.33. The number of hydrogen-bond donors (Lipinski definition) is 1. The van der Waals surface area contributed by atoms with Gasteiger partial charge in [0.2, 0.25) is 0 Å². The van der Waals surface area contributed by atoms with Crippen LogP contribution in [0.1, 0.15) is 13.3 Å². The molecule has 2 rings (SSSR count). The molecule has 112 valence electrons. The van der Waals surface area contributed by atoms with Gasteiger partial charge >= 0.3 is 5.97 Å². The second kappa shape index (κ2) is 6.09. The van der Waals surface area contributed by atoms with Crippen LogP contribution in [-0.2, 0) is 14.3 Å². The first-order valence-electron chi connectivity index (χ1n) is 6.29. The van der Waals surface area contributed by atoms with Gasteiger partial charge in [-0.05, 0) is 24.5 Å². The molecule has 1 aliphatic carbocycles. The van der Waals surface area contributed by atoms with Gasteiger partial charge in [-0.3, -0.25) is 19.7 Å². The van der Waals surface area contributed by atoms with Crippen molar-refractivity contribution in [3.05, 3.63) is 33.3 Å². The Bertz CT molecular complexity index is 604. The lowest BCUT2D eigenvalue weighted by Gasteiger charge is -2.07. The van der Waals surface area contributed by atoms with E-state index in [1.54, 1.807) is 0 Å². The SMILES string of the molecule is C[C@@H]1C[C@H]1C(=O)OCC(=O)Nc1cc(Cl)ccc1[N+](=O)[O-]. The van der Waals surface area contributed by atoms with Crippen molar-refractivity contribution in [3.8, 4) is 0 Å². The van der Waals surface area contributed by atoms with Gasteiger partial charge in [-0.15, -0.1) is 0 Å². The minimum Gasteiger partial charge on any atom is -0.455 e. The molecular formula is C13H13ClN2O5. The molecule has 1 aromatic carbocycles. The predicted octanol–water partition coefficient (Wildman–Crippen LogP) is 2.39. The van der Waals surface area contributed by atoms with Crippen molar-refractivity contribution in [2.24, 2.45) is 11.8 Å². The van der Waals surface area contributed by atoms with Gasteiger partial charge in [0, 0.05) is 11.1 Å². The number of nitro benzene ring substituents is 1. The maximum atomic E-state index is 11.7. The number of nitrogens with one attached hydrogen (secondary N) is 1. The number of halogens is 1. The van der Waals surface area contributed by atoms with E-state index in [0.717, 1.165) is 6.42 Å². The van der Waals surface area contributed by atoms with E-state index in [4.69, 9.17) is 16.3 Å². The highest BCUT2D eigenvalue weighted by molar-refractivity contribution is 6.31. The Labute approximate surface area is 125 Å². The summed E-state index contributed by atoms with van der Waals surface area (Å²) in [6.07, 6.45) is 0.764. The first-order valence-corrected chi connectivity index (χ1v) is 6.66. The smallest absolute Gasteiger partial charge is 0.309 e. The minimum absolute atomic E-state index is 0.0339. The van der Waals surface area contributed by atoms with Crippen LogP contribution in [0, 0.1) is 22.0 Å². The number of esters is 1. The van der Waals surface area contributed by atoms with E-state index < -0.39 is 23.4 Å². The van der Waals surface area contributed by atoms with Gasteiger partial charge < -0.3 is 10.1 Å². The van der Waals surface area contributed by atoms with Crippen molar-refractivity contribution in [3.63, 3.8) is 0 Å². The van der Waals surface area contributed by atoms with Gasteiger partial charge in [-0.1, -0.05) is 18.5 Å². The average Bonchev–Trinajstić information content (AvgIpc) is 3.13. The molecule has 1 N–H and O–H groups in total. The molecule has 1 aromatic rings. The molecule has 7 nitrogen and oxygen atoms in total. The Morgan fingerprint density at radius 2 is 2.19 bits per heavy atom. The van der Waals surface area contributed by atoms with E-state index in [1.807, 2.05) is 6.92 Å². The molecule has 1 fully saturated rings. The Morgan fingerprint density at radius 1 is 1.52 bits per heavy atom. The van der Waals surface area contributed by atoms with Gasteiger partial charge in [0.25, 0.3) is 11.6 Å². The summed E-state index contributed by atoms with van der Waals surface area (Å²) in [4.78, 5) is 33.3. The molecule has 0 unspecified atom stereocenters. The highest BCUT2D eigenvalue weighted by Gasteiger charge is 2.40. The van der Waals surface area contributed by atoms with Crippen LogP contribution in [0.5, 0.6) is 0 Å². The number of nitro groups is 1. The fourth-order valence-corrected chi connectivity index (χ4v) is 2.02. The van der Waals surface area contributed by atoms with Crippen LogP contribution in [0.25, 0.3) is 0 Å². The molecule has 0 spiro atoms. The van der Waals surface area contributed by atoms with Gasteiger partial charge in [0.1, 0.15) is 5.69 Å². The molecule has 0 aliphatic heterocycles. The third-order valence-corrected chi connectivity index (χ3v) is 3.42.